The number of hydrogen-bond donors (Lipinski definition) is 0. The summed E-state index contributed by atoms with van der Waals surface area (Å²) < 4.78 is 15.3. The highest BCUT2D eigenvalue weighted by atomic mass is 16.5. The monoisotopic (exact) mass is 749 g/mol. The van der Waals surface area contributed by atoms with Gasteiger partial charge in [0, 0.05) is 27.9 Å². The molecule has 2 aliphatic rings. The molecule has 11 rings (SSSR count). The fourth-order valence-electron chi connectivity index (χ4n) is 9.59. The van der Waals surface area contributed by atoms with Crippen molar-refractivity contribution in [3.63, 3.8) is 0 Å². The first kappa shape index (κ1) is 34.4. The van der Waals surface area contributed by atoms with Crippen LogP contribution < -0.4 is 4.74 Å². The highest BCUT2D eigenvalue weighted by Gasteiger charge is 2.34. The summed E-state index contributed by atoms with van der Waals surface area (Å²) in [7, 11) is 0. The van der Waals surface area contributed by atoms with Gasteiger partial charge in [0.05, 0.1) is 10.9 Å². The third kappa shape index (κ3) is 5.89. The molecule has 3 heteroatoms. The lowest BCUT2D eigenvalue weighted by atomic mass is 9.81. The van der Waals surface area contributed by atoms with Crippen molar-refractivity contribution in [3.8, 4) is 44.8 Å². The maximum Gasteiger partial charge on any atom is 0.213 e. The van der Waals surface area contributed by atoms with E-state index in [1.54, 1.807) is 0 Å². The zero-order valence-corrected chi connectivity index (χ0v) is 32.5. The summed E-state index contributed by atoms with van der Waals surface area (Å²) in [6, 6.07) is 59.5. The topological polar surface area (TPSA) is 27.3 Å². The summed E-state index contributed by atoms with van der Waals surface area (Å²) >= 11 is 0. The first-order valence-electron chi connectivity index (χ1n) is 20.6. The Morgan fingerprint density at radius 3 is 2.22 bits per heavy atom. The molecule has 0 spiro atoms. The Balaban J connectivity index is 1.06. The van der Waals surface area contributed by atoms with Crippen molar-refractivity contribution >= 4 is 33.0 Å². The van der Waals surface area contributed by atoms with Crippen molar-refractivity contribution in [2.45, 2.75) is 38.2 Å². The van der Waals surface area contributed by atoms with E-state index >= 15 is 0 Å². The van der Waals surface area contributed by atoms with Gasteiger partial charge in [0.25, 0.3) is 0 Å². The fraction of sp³-hybridized carbons (Fsp3) is 0.127. The van der Waals surface area contributed by atoms with Gasteiger partial charge in [-0.05, 0) is 119 Å². The number of fused-ring (bicyclic) bond motifs is 6. The number of rotatable bonds is 8. The molecule has 0 amide bonds. The maximum atomic E-state index is 6.60. The molecule has 3 nitrogen and oxygen atoms in total. The van der Waals surface area contributed by atoms with Gasteiger partial charge in [0.15, 0.2) is 0 Å². The van der Waals surface area contributed by atoms with Gasteiger partial charge in [-0.15, -0.1) is 0 Å². The van der Waals surface area contributed by atoms with Gasteiger partial charge in [-0.1, -0.05) is 146 Å². The maximum absolute atomic E-state index is 6.60. The van der Waals surface area contributed by atoms with Gasteiger partial charge in [-0.3, -0.25) is 4.57 Å². The number of ether oxygens (including phenoxy) is 1. The average molecular weight is 750 g/mol. The Morgan fingerprint density at radius 1 is 0.603 bits per heavy atom. The van der Waals surface area contributed by atoms with Crippen LogP contribution in [0.1, 0.15) is 42.4 Å². The molecule has 0 saturated carbocycles. The van der Waals surface area contributed by atoms with Crippen LogP contribution >= 0.6 is 0 Å². The molecular weight excluding hydrogens is 707 g/mol. The van der Waals surface area contributed by atoms with Crippen molar-refractivity contribution in [3.05, 3.63) is 205 Å². The van der Waals surface area contributed by atoms with Crippen LogP contribution in [0, 0.1) is 5.92 Å². The Labute approximate surface area is 339 Å². The molecule has 3 atom stereocenters. The molecule has 9 aromatic rings. The summed E-state index contributed by atoms with van der Waals surface area (Å²) in [4.78, 5) is 0. The van der Waals surface area contributed by atoms with Crippen LogP contribution in [-0.4, -0.2) is 10.7 Å². The second-order valence-corrected chi connectivity index (χ2v) is 15.9. The molecule has 2 aromatic heterocycles. The van der Waals surface area contributed by atoms with E-state index in [2.05, 4.69) is 194 Å². The third-order valence-corrected chi connectivity index (χ3v) is 12.4. The van der Waals surface area contributed by atoms with E-state index in [-0.39, 0.29) is 12.0 Å². The number of aromatic nitrogens is 1. The van der Waals surface area contributed by atoms with Crippen molar-refractivity contribution < 1.29 is 9.15 Å². The summed E-state index contributed by atoms with van der Waals surface area (Å²) in [5.74, 6) is 1.75. The van der Waals surface area contributed by atoms with Crippen LogP contribution in [0.4, 0.5) is 0 Å². The molecule has 7 aromatic carbocycles. The minimum atomic E-state index is 0.0525. The Hall–Kier alpha value is -6.84. The second-order valence-electron chi connectivity index (χ2n) is 15.9. The number of para-hydroxylation sites is 3. The quantitative estimate of drug-likeness (QED) is 0.155. The highest BCUT2D eigenvalue weighted by Crippen LogP contribution is 2.46. The summed E-state index contributed by atoms with van der Waals surface area (Å²) in [5, 5.41) is 3.45. The largest absolute Gasteiger partial charge is 0.489 e. The molecule has 280 valence electrons. The first-order valence-corrected chi connectivity index (χ1v) is 20.6. The Kier molecular flexibility index (Phi) is 8.47. The van der Waals surface area contributed by atoms with Crippen LogP contribution in [-0.2, 0) is 6.42 Å². The van der Waals surface area contributed by atoms with Crippen molar-refractivity contribution in [1.29, 1.82) is 0 Å². The van der Waals surface area contributed by atoms with Crippen LogP contribution in [0.25, 0.3) is 72.0 Å². The molecule has 0 N–H and O–H groups in total. The third-order valence-electron chi connectivity index (χ3n) is 12.4. The fourth-order valence-corrected chi connectivity index (χ4v) is 9.59. The summed E-state index contributed by atoms with van der Waals surface area (Å²) in [6.07, 6.45) is 12.4. The number of aryl methyl sites for hydroxylation is 1. The average Bonchev–Trinajstić information content (AvgIpc) is 3.94. The molecule has 3 unspecified atom stereocenters. The van der Waals surface area contributed by atoms with E-state index in [4.69, 9.17) is 9.15 Å². The van der Waals surface area contributed by atoms with E-state index in [0.717, 1.165) is 58.3 Å². The number of hydrogen-bond acceptors (Lipinski definition) is 2. The van der Waals surface area contributed by atoms with Gasteiger partial charge in [-0.2, -0.15) is 0 Å². The smallest absolute Gasteiger partial charge is 0.213 e. The molecule has 58 heavy (non-hydrogen) atoms. The predicted molar refractivity (Wildman–Crippen MR) is 240 cm³/mol. The van der Waals surface area contributed by atoms with Crippen LogP contribution in [0.5, 0.6) is 5.75 Å². The van der Waals surface area contributed by atoms with Gasteiger partial charge in [0.1, 0.15) is 17.4 Å². The molecule has 3 heterocycles. The Bertz CT molecular complexity index is 3040. The van der Waals surface area contributed by atoms with E-state index in [1.807, 2.05) is 6.07 Å². The molecule has 1 aliphatic carbocycles. The van der Waals surface area contributed by atoms with E-state index in [0.29, 0.717) is 5.92 Å². The molecule has 0 bridgehead atoms. The van der Waals surface area contributed by atoms with Gasteiger partial charge in [-0.25, -0.2) is 0 Å². The van der Waals surface area contributed by atoms with Gasteiger partial charge >= 0.3 is 0 Å². The van der Waals surface area contributed by atoms with Crippen molar-refractivity contribution in [1.82, 2.24) is 4.57 Å². The zero-order valence-electron chi connectivity index (χ0n) is 32.5. The first-order chi connectivity index (χ1) is 28.7. The summed E-state index contributed by atoms with van der Waals surface area (Å²) in [5.41, 5.74) is 15.2. The lowest BCUT2D eigenvalue weighted by Gasteiger charge is -2.22. The molecule has 0 saturated heterocycles. The van der Waals surface area contributed by atoms with Crippen LogP contribution in [0.3, 0.4) is 0 Å². The molecule has 0 radical (unpaired) electrons. The zero-order chi connectivity index (χ0) is 38.6. The SMILES string of the molecule is CC1Oc2ccccc2C1c1cc(-c2ccc(-c3ccc4c(c3)c3c5ccccc5oc3n4-c3ccccc3)c(-c3ccccc3)c2)ccc1CCC1C=CC=CC1. The van der Waals surface area contributed by atoms with Gasteiger partial charge in [0.2, 0.25) is 5.71 Å². The second kappa shape index (κ2) is 14.3. The minimum Gasteiger partial charge on any atom is -0.489 e. The van der Waals surface area contributed by atoms with Crippen LogP contribution in [0.2, 0.25) is 0 Å². The number of benzene rings is 7. The lowest BCUT2D eigenvalue weighted by Crippen LogP contribution is -2.17. The molecular formula is C55H43NO2. The predicted octanol–water partition coefficient (Wildman–Crippen LogP) is 14.5. The van der Waals surface area contributed by atoms with Crippen LogP contribution in [0.15, 0.2) is 193 Å². The number of nitrogens with zero attached hydrogens (tertiary/aromatic N) is 1. The lowest BCUT2D eigenvalue weighted by molar-refractivity contribution is 0.238. The minimum absolute atomic E-state index is 0.0525. The van der Waals surface area contributed by atoms with E-state index in [1.165, 1.54) is 55.5 Å². The standard InChI is InChI=1S/C55H43NO2/c1-36-53(45-21-11-13-23-51(45)57-36)48-34-40(28-27-39(48)26-25-37-15-5-2-6-16-37)41-29-31-44(47(33-41)38-17-7-3-8-18-38)42-30-32-50-49(35-42)54-46-22-12-14-24-52(46)58-55(54)56(50)43-19-9-4-10-20-43/h2-15,17-24,27-37,53H,16,25-26H2,1H3. The molecule has 0 fully saturated rings. The van der Waals surface area contributed by atoms with E-state index < -0.39 is 0 Å². The number of furan rings is 1. The Morgan fingerprint density at radius 2 is 1.36 bits per heavy atom. The van der Waals surface area contributed by atoms with Gasteiger partial charge < -0.3 is 9.15 Å². The van der Waals surface area contributed by atoms with Crippen molar-refractivity contribution in [2.24, 2.45) is 5.92 Å². The van der Waals surface area contributed by atoms with E-state index in [9.17, 15) is 0 Å². The summed E-state index contributed by atoms with van der Waals surface area (Å²) in [6.45, 7) is 2.23. The molecule has 1 aliphatic heterocycles. The van der Waals surface area contributed by atoms with Crippen molar-refractivity contribution in [2.75, 3.05) is 0 Å². The number of allylic oxidation sites excluding steroid dienone is 4. The normalized spacial score (nSPS) is 17.3. The highest BCUT2D eigenvalue weighted by molar-refractivity contribution is 6.20.